The van der Waals surface area contributed by atoms with Crippen LogP contribution in [0.5, 0.6) is 0 Å². The van der Waals surface area contributed by atoms with Crippen LogP contribution in [0, 0.1) is 4.91 Å². The van der Waals surface area contributed by atoms with Crippen LogP contribution in [0.25, 0.3) is 0 Å². The molecule has 6 heteroatoms. The zero-order valence-electron chi connectivity index (χ0n) is 5.78. The van der Waals surface area contributed by atoms with Gasteiger partial charge >= 0.3 is 0 Å². The SMILES string of the molecule is Cn1c(Br)nc(N=O)c1CO. The van der Waals surface area contributed by atoms with Crippen molar-refractivity contribution < 1.29 is 5.11 Å². The zero-order chi connectivity index (χ0) is 8.43. The molecule has 1 heterocycles. The minimum atomic E-state index is -0.240. The first-order valence-electron chi connectivity index (χ1n) is 2.86. The van der Waals surface area contributed by atoms with E-state index in [4.69, 9.17) is 5.11 Å². The predicted molar refractivity (Wildman–Crippen MR) is 42.3 cm³/mol. The maximum Gasteiger partial charge on any atom is 0.221 e. The van der Waals surface area contributed by atoms with Gasteiger partial charge in [-0.15, -0.1) is 4.91 Å². The van der Waals surface area contributed by atoms with Crippen molar-refractivity contribution in [2.75, 3.05) is 0 Å². The van der Waals surface area contributed by atoms with Gasteiger partial charge in [0.2, 0.25) is 5.82 Å². The van der Waals surface area contributed by atoms with Gasteiger partial charge in [-0.05, 0) is 21.1 Å². The van der Waals surface area contributed by atoms with E-state index >= 15 is 0 Å². The molecule has 1 N–H and O–H groups in total. The molecule has 0 fully saturated rings. The number of hydrogen-bond acceptors (Lipinski definition) is 4. The lowest BCUT2D eigenvalue weighted by Gasteiger charge is -1.96. The van der Waals surface area contributed by atoms with E-state index in [0.717, 1.165) is 0 Å². The molecule has 0 saturated carbocycles. The highest BCUT2D eigenvalue weighted by atomic mass is 79.9. The van der Waals surface area contributed by atoms with Crippen molar-refractivity contribution in [3.8, 4) is 0 Å². The molecule has 60 valence electrons. The monoisotopic (exact) mass is 219 g/mol. The highest BCUT2D eigenvalue weighted by Crippen LogP contribution is 2.21. The maximum atomic E-state index is 10.1. The van der Waals surface area contributed by atoms with Crippen molar-refractivity contribution >= 4 is 21.7 Å². The Morgan fingerprint density at radius 1 is 1.82 bits per heavy atom. The van der Waals surface area contributed by atoms with Gasteiger partial charge < -0.3 is 9.67 Å². The molecule has 0 saturated heterocycles. The molecule has 0 spiro atoms. The highest BCUT2D eigenvalue weighted by molar-refractivity contribution is 9.10. The number of hydrogen-bond donors (Lipinski definition) is 1. The van der Waals surface area contributed by atoms with Gasteiger partial charge in [-0.2, -0.15) is 4.98 Å². The summed E-state index contributed by atoms with van der Waals surface area (Å²) in [5, 5.41) is 11.4. The first-order chi connectivity index (χ1) is 5.20. The molecule has 1 aromatic rings. The van der Waals surface area contributed by atoms with Crippen molar-refractivity contribution in [1.82, 2.24) is 9.55 Å². The summed E-state index contributed by atoms with van der Waals surface area (Å²) < 4.78 is 2.03. The van der Waals surface area contributed by atoms with E-state index in [1.165, 1.54) is 0 Å². The Labute approximate surface area is 71.2 Å². The van der Waals surface area contributed by atoms with Crippen LogP contribution in [-0.2, 0) is 13.7 Å². The molecular formula is C5H6BrN3O2. The number of halogens is 1. The van der Waals surface area contributed by atoms with Crippen LogP contribution in [0.3, 0.4) is 0 Å². The smallest absolute Gasteiger partial charge is 0.221 e. The van der Waals surface area contributed by atoms with E-state index < -0.39 is 0 Å². The van der Waals surface area contributed by atoms with Crippen molar-refractivity contribution in [3.05, 3.63) is 15.3 Å². The summed E-state index contributed by atoms with van der Waals surface area (Å²) >= 11 is 3.09. The summed E-state index contributed by atoms with van der Waals surface area (Å²) in [5.41, 5.74) is 0.409. The molecule has 0 atom stereocenters. The molecule has 0 aliphatic carbocycles. The largest absolute Gasteiger partial charge is 0.390 e. The molecule has 1 aromatic heterocycles. The summed E-state index contributed by atoms with van der Waals surface area (Å²) in [6, 6.07) is 0. The zero-order valence-corrected chi connectivity index (χ0v) is 7.37. The molecule has 0 aromatic carbocycles. The van der Waals surface area contributed by atoms with Gasteiger partial charge in [0.05, 0.1) is 12.3 Å². The molecule has 0 aliphatic rings. The standard InChI is InChI=1S/C5H6BrN3O2/c1-9-3(2-10)4(8-11)7-5(9)6/h10H,2H2,1H3. The summed E-state index contributed by atoms with van der Waals surface area (Å²) in [5.74, 6) is 0.0295. The van der Waals surface area contributed by atoms with Crippen LogP contribution in [-0.4, -0.2) is 14.7 Å². The second-order valence-electron chi connectivity index (χ2n) is 1.96. The quantitative estimate of drug-likeness (QED) is 0.758. The maximum absolute atomic E-state index is 10.1. The minimum absolute atomic E-state index is 0.0295. The number of aliphatic hydroxyl groups is 1. The first-order valence-corrected chi connectivity index (χ1v) is 3.65. The van der Waals surface area contributed by atoms with E-state index in [1.54, 1.807) is 11.6 Å². The van der Waals surface area contributed by atoms with Crippen molar-refractivity contribution in [2.24, 2.45) is 12.2 Å². The van der Waals surface area contributed by atoms with Crippen molar-refractivity contribution in [2.45, 2.75) is 6.61 Å². The Morgan fingerprint density at radius 2 is 2.45 bits per heavy atom. The molecule has 0 aliphatic heterocycles. The minimum Gasteiger partial charge on any atom is -0.390 e. The van der Waals surface area contributed by atoms with Gasteiger partial charge in [0.15, 0.2) is 4.73 Å². The van der Waals surface area contributed by atoms with Crippen LogP contribution < -0.4 is 0 Å². The van der Waals surface area contributed by atoms with Gasteiger partial charge in [-0.3, -0.25) is 0 Å². The molecule has 1 rings (SSSR count). The van der Waals surface area contributed by atoms with Gasteiger partial charge in [0, 0.05) is 7.05 Å². The normalized spacial score (nSPS) is 10.1. The van der Waals surface area contributed by atoms with Crippen LogP contribution >= 0.6 is 15.9 Å². The molecule has 0 amide bonds. The van der Waals surface area contributed by atoms with Crippen molar-refractivity contribution in [3.63, 3.8) is 0 Å². The molecular weight excluding hydrogens is 214 g/mol. The van der Waals surface area contributed by atoms with Gasteiger partial charge in [0.25, 0.3) is 0 Å². The lowest BCUT2D eigenvalue weighted by molar-refractivity contribution is 0.273. The average Bonchev–Trinajstić information content (AvgIpc) is 2.28. The Kier molecular flexibility index (Phi) is 2.35. The second-order valence-corrected chi connectivity index (χ2v) is 2.67. The fraction of sp³-hybridized carbons (Fsp3) is 0.400. The summed E-state index contributed by atoms with van der Waals surface area (Å²) in [6.07, 6.45) is 0. The van der Waals surface area contributed by atoms with Crippen LogP contribution in [0.15, 0.2) is 9.91 Å². The Hall–Kier alpha value is -0.750. The number of aliphatic hydroxyl groups excluding tert-OH is 1. The molecule has 0 bridgehead atoms. The number of nitroso groups, excluding NO2 is 1. The number of aromatic nitrogens is 2. The van der Waals surface area contributed by atoms with Gasteiger partial charge in [0.1, 0.15) is 0 Å². The van der Waals surface area contributed by atoms with Crippen LogP contribution in [0.2, 0.25) is 0 Å². The third-order valence-electron chi connectivity index (χ3n) is 1.37. The topological polar surface area (TPSA) is 67.5 Å². The third kappa shape index (κ3) is 1.31. The van der Waals surface area contributed by atoms with Gasteiger partial charge in [-0.25, -0.2) is 0 Å². The van der Waals surface area contributed by atoms with Crippen LogP contribution in [0.1, 0.15) is 5.69 Å². The van der Waals surface area contributed by atoms with E-state index in [0.29, 0.717) is 10.4 Å². The summed E-state index contributed by atoms with van der Waals surface area (Å²) in [4.78, 5) is 13.8. The molecule has 0 radical (unpaired) electrons. The predicted octanol–water partition coefficient (Wildman–Crippen LogP) is 1.07. The van der Waals surface area contributed by atoms with Crippen molar-refractivity contribution in [1.29, 1.82) is 0 Å². The molecule has 0 unspecified atom stereocenters. The highest BCUT2D eigenvalue weighted by Gasteiger charge is 2.11. The third-order valence-corrected chi connectivity index (χ3v) is 2.08. The van der Waals surface area contributed by atoms with Gasteiger partial charge in [-0.1, -0.05) is 0 Å². The van der Waals surface area contributed by atoms with E-state index in [2.05, 4.69) is 26.1 Å². The Morgan fingerprint density at radius 3 is 2.82 bits per heavy atom. The number of imidazole rings is 1. The van der Waals surface area contributed by atoms with E-state index in [1.807, 2.05) is 0 Å². The van der Waals surface area contributed by atoms with E-state index in [-0.39, 0.29) is 12.4 Å². The average molecular weight is 220 g/mol. The summed E-state index contributed by atoms with van der Waals surface area (Å²) in [6.45, 7) is -0.240. The fourth-order valence-electron chi connectivity index (χ4n) is 0.738. The molecule has 11 heavy (non-hydrogen) atoms. The Balaban J connectivity index is 3.26. The van der Waals surface area contributed by atoms with Crippen LogP contribution in [0.4, 0.5) is 5.82 Å². The van der Waals surface area contributed by atoms with E-state index in [9.17, 15) is 4.91 Å². The summed E-state index contributed by atoms with van der Waals surface area (Å²) in [7, 11) is 1.68. The number of nitrogens with zero attached hydrogens (tertiary/aromatic N) is 3. The Bertz CT molecular complexity index is 284. The first kappa shape index (κ1) is 8.35. The number of rotatable bonds is 2. The lowest BCUT2D eigenvalue weighted by Crippen LogP contribution is -1.95. The lowest BCUT2D eigenvalue weighted by atomic mass is 10.4. The molecule has 5 nitrogen and oxygen atoms in total. The fourth-order valence-corrected chi connectivity index (χ4v) is 1.12. The second kappa shape index (κ2) is 3.10.